The van der Waals surface area contributed by atoms with Crippen LogP contribution in [0, 0.1) is 5.92 Å². The van der Waals surface area contributed by atoms with E-state index in [0.29, 0.717) is 12.2 Å². The second kappa shape index (κ2) is 6.26. The molecule has 0 aliphatic rings. The molecule has 0 aliphatic heterocycles. The Morgan fingerprint density at radius 2 is 1.94 bits per heavy atom. The Labute approximate surface area is 98.2 Å². The number of carbonyl (C=O) groups is 1. The molecule has 2 atom stereocenters. The van der Waals surface area contributed by atoms with Gasteiger partial charge >= 0.3 is 0 Å². The molecule has 1 rings (SSSR count). The average molecular weight is 216 g/mol. The summed E-state index contributed by atoms with van der Waals surface area (Å²) in [5, 5.41) is 0. The van der Waals surface area contributed by atoms with Crippen LogP contribution >= 0.6 is 0 Å². The monoisotopic (exact) mass is 216 g/mol. The normalized spacial score (nSPS) is 14.9. The second-order valence-corrected chi connectivity index (χ2v) is 4.07. The van der Waals surface area contributed by atoms with Crippen molar-refractivity contribution in [2.24, 2.45) is 5.92 Å². The van der Waals surface area contributed by atoms with Gasteiger partial charge in [0.1, 0.15) is 5.78 Å². The van der Waals surface area contributed by atoms with Crippen molar-refractivity contribution < 1.29 is 4.79 Å². The minimum atomic E-state index is 0.0589. The maximum absolute atomic E-state index is 11.8. The molecule has 0 radical (unpaired) electrons. The van der Waals surface area contributed by atoms with Gasteiger partial charge in [-0.05, 0) is 12.5 Å². The molecule has 0 amide bonds. The van der Waals surface area contributed by atoms with Gasteiger partial charge in [0, 0.05) is 18.3 Å². The molecule has 0 saturated heterocycles. The maximum Gasteiger partial charge on any atom is 0.136 e. The minimum absolute atomic E-state index is 0.0589. The smallest absolute Gasteiger partial charge is 0.136 e. The van der Waals surface area contributed by atoms with E-state index in [4.69, 9.17) is 0 Å². The fourth-order valence-electron chi connectivity index (χ4n) is 1.97. The molecule has 0 saturated carbocycles. The highest BCUT2D eigenvalue weighted by Gasteiger charge is 2.21. The van der Waals surface area contributed by atoms with Gasteiger partial charge < -0.3 is 0 Å². The van der Waals surface area contributed by atoms with Crippen molar-refractivity contribution in [3.05, 3.63) is 48.0 Å². The number of hydrogen-bond acceptors (Lipinski definition) is 1. The van der Waals surface area contributed by atoms with Crippen LogP contribution in [-0.4, -0.2) is 5.78 Å². The van der Waals surface area contributed by atoms with Gasteiger partial charge in [0.2, 0.25) is 0 Å². The Hall–Kier alpha value is -1.37. The highest BCUT2D eigenvalue weighted by Crippen LogP contribution is 2.27. The van der Waals surface area contributed by atoms with Crippen LogP contribution in [0.2, 0.25) is 0 Å². The first-order valence-electron chi connectivity index (χ1n) is 5.91. The van der Waals surface area contributed by atoms with E-state index in [0.717, 1.165) is 0 Å². The number of allylic oxidation sites excluding steroid dienone is 2. The maximum atomic E-state index is 11.8. The summed E-state index contributed by atoms with van der Waals surface area (Å²) in [6.45, 7) is 5.94. The summed E-state index contributed by atoms with van der Waals surface area (Å²) >= 11 is 0. The highest BCUT2D eigenvalue weighted by molar-refractivity contribution is 5.81. The van der Waals surface area contributed by atoms with Crippen molar-refractivity contribution in [1.29, 1.82) is 0 Å². The Morgan fingerprint density at radius 3 is 2.44 bits per heavy atom. The molecule has 0 spiro atoms. The fourth-order valence-corrected chi connectivity index (χ4v) is 1.97. The molecule has 0 aliphatic carbocycles. The first-order chi connectivity index (χ1) is 7.70. The molecule has 16 heavy (non-hydrogen) atoms. The summed E-state index contributed by atoms with van der Waals surface area (Å²) in [6, 6.07) is 10.2. The lowest BCUT2D eigenvalue weighted by molar-refractivity contribution is -0.122. The van der Waals surface area contributed by atoms with Crippen LogP contribution in [0.5, 0.6) is 0 Å². The topological polar surface area (TPSA) is 17.1 Å². The number of carbonyl (C=O) groups excluding carboxylic acids is 1. The SMILES string of the molecule is C/C=C/C(c1ccccc1)C(C)C(=O)CC. The molecular weight excluding hydrogens is 196 g/mol. The zero-order valence-corrected chi connectivity index (χ0v) is 10.3. The molecule has 0 bridgehead atoms. The largest absolute Gasteiger partial charge is 0.299 e. The number of Topliss-reactive ketones (excluding diaryl/α,β-unsaturated/α-hetero) is 1. The molecule has 86 valence electrons. The van der Waals surface area contributed by atoms with E-state index >= 15 is 0 Å². The van der Waals surface area contributed by atoms with E-state index in [9.17, 15) is 4.79 Å². The molecule has 2 unspecified atom stereocenters. The fraction of sp³-hybridized carbons (Fsp3) is 0.400. The van der Waals surface area contributed by atoms with Gasteiger partial charge in [-0.25, -0.2) is 0 Å². The first-order valence-corrected chi connectivity index (χ1v) is 5.91. The highest BCUT2D eigenvalue weighted by atomic mass is 16.1. The number of hydrogen-bond donors (Lipinski definition) is 0. The van der Waals surface area contributed by atoms with Crippen LogP contribution in [-0.2, 0) is 4.79 Å². The van der Waals surface area contributed by atoms with Gasteiger partial charge in [0.05, 0.1) is 0 Å². The van der Waals surface area contributed by atoms with Crippen molar-refractivity contribution in [3.8, 4) is 0 Å². The number of rotatable bonds is 5. The molecule has 0 aromatic heterocycles. The lowest BCUT2D eigenvalue weighted by Crippen LogP contribution is -2.17. The summed E-state index contributed by atoms with van der Waals surface area (Å²) in [7, 11) is 0. The van der Waals surface area contributed by atoms with E-state index in [-0.39, 0.29) is 11.8 Å². The standard InChI is InChI=1S/C15H20O/c1-4-9-14(12(3)15(16)5-2)13-10-7-6-8-11-13/h4,6-12,14H,5H2,1-3H3/b9-4+. The zero-order valence-electron chi connectivity index (χ0n) is 10.3. The predicted molar refractivity (Wildman–Crippen MR) is 68.5 cm³/mol. The molecule has 1 heteroatoms. The average Bonchev–Trinajstić information content (AvgIpc) is 2.35. The van der Waals surface area contributed by atoms with Crippen LogP contribution in [0.1, 0.15) is 38.7 Å². The predicted octanol–water partition coefficient (Wildman–Crippen LogP) is 3.96. The van der Waals surface area contributed by atoms with Crippen LogP contribution in [0.4, 0.5) is 0 Å². The molecule has 0 fully saturated rings. The molecule has 0 heterocycles. The van der Waals surface area contributed by atoms with Gasteiger partial charge in [-0.1, -0.05) is 56.3 Å². The van der Waals surface area contributed by atoms with Crippen molar-refractivity contribution in [1.82, 2.24) is 0 Å². The Bertz CT molecular complexity index is 351. The third-order valence-corrected chi connectivity index (χ3v) is 2.98. The van der Waals surface area contributed by atoms with E-state index in [1.54, 1.807) is 0 Å². The molecular formula is C15H20O. The third kappa shape index (κ3) is 3.06. The quantitative estimate of drug-likeness (QED) is 0.681. The second-order valence-electron chi connectivity index (χ2n) is 4.07. The van der Waals surface area contributed by atoms with Crippen molar-refractivity contribution in [3.63, 3.8) is 0 Å². The van der Waals surface area contributed by atoms with E-state index < -0.39 is 0 Å². The van der Waals surface area contributed by atoms with Crippen LogP contribution in [0.25, 0.3) is 0 Å². The Balaban J connectivity index is 2.96. The summed E-state index contributed by atoms with van der Waals surface area (Å²) in [5.74, 6) is 0.592. The minimum Gasteiger partial charge on any atom is -0.299 e. The molecule has 1 aromatic rings. The Morgan fingerprint density at radius 1 is 1.31 bits per heavy atom. The van der Waals surface area contributed by atoms with Gasteiger partial charge in [-0.3, -0.25) is 4.79 Å². The van der Waals surface area contributed by atoms with E-state index in [2.05, 4.69) is 18.2 Å². The molecule has 0 N–H and O–H groups in total. The van der Waals surface area contributed by atoms with E-state index in [1.807, 2.05) is 45.0 Å². The van der Waals surface area contributed by atoms with Crippen molar-refractivity contribution in [2.45, 2.75) is 33.1 Å². The van der Waals surface area contributed by atoms with E-state index in [1.165, 1.54) is 5.56 Å². The third-order valence-electron chi connectivity index (χ3n) is 2.98. The summed E-state index contributed by atoms with van der Waals surface area (Å²) in [5.41, 5.74) is 1.22. The zero-order chi connectivity index (χ0) is 12.0. The number of benzene rings is 1. The molecule has 1 aromatic carbocycles. The lowest BCUT2D eigenvalue weighted by atomic mass is 9.83. The first kappa shape index (κ1) is 12.7. The summed E-state index contributed by atoms with van der Waals surface area (Å²) in [4.78, 5) is 11.8. The Kier molecular flexibility index (Phi) is 4.97. The van der Waals surface area contributed by atoms with Crippen LogP contribution in [0.15, 0.2) is 42.5 Å². The van der Waals surface area contributed by atoms with Crippen LogP contribution in [0.3, 0.4) is 0 Å². The molecule has 1 nitrogen and oxygen atoms in total. The number of ketones is 1. The van der Waals surface area contributed by atoms with Gasteiger partial charge in [-0.15, -0.1) is 0 Å². The van der Waals surface area contributed by atoms with Crippen molar-refractivity contribution >= 4 is 5.78 Å². The van der Waals surface area contributed by atoms with Crippen LogP contribution < -0.4 is 0 Å². The lowest BCUT2D eigenvalue weighted by Gasteiger charge is -2.19. The van der Waals surface area contributed by atoms with Gasteiger partial charge in [0.15, 0.2) is 0 Å². The van der Waals surface area contributed by atoms with Crippen molar-refractivity contribution in [2.75, 3.05) is 0 Å². The summed E-state index contributed by atoms with van der Waals surface area (Å²) in [6.07, 6.45) is 4.76. The van der Waals surface area contributed by atoms with Gasteiger partial charge in [-0.2, -0.15) is 0 Å². The van der Waals surface area contributed by atoms with Gasteiger partial charge in [0.25, 0.3) is 0 Å². The summed E-state index contributed by atoms with van der Waals surface area (Å²) < 4.78 is 0.